The third-order valence-corrected chi connectivity index (χ3v) is 4.39. The topological polar surface area (TPSA) is 93.6 Å². The number of halogens is 2. The van der Waals surface area contributed by atoms with Gasteiger partial charge in [-0.3, -0.25) is 9.69 Å². The summed E-state index contributed by atoms with van der Waals surface area (Å²) >= 11 is 0. The van der Waals surface area contributed by atoms with E-state index >= 15 is 0 Å². The summed E-state index contributed by atoms with van der Waals surface area (Å²) in [4.78, 5) is 18.5. The zero-order valence-electron chi connectivity index (χ0n) is 15.1. The first kappa shape index (κ1) is 24.1. The van der Waals surface area contributed by atoms with Gasteiger partial charge >= 0.3 is 0 Å². The van der Waals surface area contributed by atoms with Crippen molar-refractivity contribution in [3.8, 4) is 0 Å². The Morgan fingerprint density at radius 2 is 2.04 bits per heavy atom. The Hall–Kier alpha value is -0.860. The number of carbonyl (C=O) groups excluding carboxylic acids is 1. The van der Waals surface area contributed by atoms with E-state index in [4.69, 9.17) is 14.9 Å². The molecule has 2 heterocycles. The van der Waals surface area contributed by atoms with Gasteiger partial charge in [-0.15, -0.1) is 24.8 Å². The highest BCUT2D eigenvalue weighted by Crippen LogP contribution is 2.19. The van der Waals surface area contributed by atoms with Crippen LogP contribution in [0.25, 0.3) is 0 Å². The quantitative estimate of drug-likeness (QED) is 0.723. The lowest BCUT2D eigenvalue weighted by molar-refractivity contribution is -0.123. The van der Waals surface area contributed by atoms with E-state index in [0.717, 1.165) is 49.8 Å². The molecule has 1 saturated heterocycles. The third-order valence-electron chi connectivity index (χ3n) is 4.39. The van der Waals surface area contributed by atoms with Gasteiger partial charge in [0.2, 0.25) is 11.8 Å². The molecule has 146 valence electrons. The molecule has 2 rings (SSSR count). The Morgan fingerprint density at radius 1 is 1.40 bits per heavy atom. The van der Waals surface area contributed by atoms with Crippen LogP contribution in [0.3, 0.4) is 0 Å². The minimum atomic E-state index is -0.586. The largest absolute Gasteiger partial charge is 0.444 e. The predicted molar refractivity (Wildman–Crippen MR) is 101 cm³/mol. The molecule has 0 bridgehead atoms. The predicted octanol–water partition coefficient (Wildman–Crippen LogP) is 1.44. The zero-order chi connectivity index (χ0) is 16.8. The molecule has 1 aromatic rings. The lowest BCUT2D eigenvalue weighted by Crippen LogP contribution is -2.46. The molecule has 0 radical (unpaired) electrons. The number of rotatable bonds is 7. The number of nitrogens with two attached hydrogens (primary N) is 1. The van der Waals surface area contributed by atoms with Crippen LogP contribution in [0.4, 0.5) is 0 Å². The van der Waals surface area contributed by atoms with E-state index in [0.29, 0.717) is 12.5 Å². The monoisotopic (exact) mass is 396 g/mol. The Morgan fingerprint density at radius 3 is 2.56 bits per heavy atom. The molecule has 0 spiro atoms. The van der Waals surface area contributed by atoms with Gasteiger partial charge in [-0.2, -0.15) is 0 Å². The van der Waals surface area contributed by atoms with Crippen molar-refractivity contribution in [2.75, 3.05) is 33.4 Å². The maximum atomic E-state index is 11.8. The molecule has 1 aliphatic heterocycles. The van der Waals surface area contributed by atoms with Crippen LogP contribution in [0.5, 0.6) is 0 Å². The number of aryl methyl sites for hydroxylation is 2. The van der Waals surface area contributed by atoms with Crippen molar-refractivity contribution in [3.05, 3.63) is 17.3 Å². The van der Waals surface area contributed by atoms with E-state index in [1.807, 2.05) is 13.8 Å². The van der Waals surface area contributed by atoms with Gasteiger partial charge in [0.25, 0.3) is 0 Å². The summed E-state index contributed by atoms with van der Waals surface area (Å²) in [5.74, 6) is 2.04. The second-order valence-corrected chi connectivity index (χ2v) is 6.28. The SMILES string of the molecule is COCC(N)C(=O)NCC1CCN(Cc2nc(C)c(C)o2)CC1.Cl.Cl. The van der Waals surface area contributed by atoms with E-state index in [-0.39, 0.29) is 37.3 Å². The van der Waals surface area contributed by atoms with E-state index in [1.54, 1.807) is 7.11 Å². The highest BCUT2D eigenvalue weighted by Gasteiger charge is 2.22. The van der Waals surface area contributed by atoms with Crippen LogP contribution in [0.15, 0.2) is 4.42 Å². The zero-order valence-corrected chi connectivity index (χ0v) is 16.8. The summed E-state index contributed by atoms with van der Waals surface area (Å²) in [5.41, 5.74) is 6.67. The minimum absolute atomic E-state index is 0. The molecular formula is C16H30Cl2N4O3. The van der Waals surface area contributed by atoms with E-state index in [1.165, 1.54) is 0 Å². The second kappa shape index (κ2) is 11.7. The van der Waals surface area contributed by atoms with Crippen LogP contribution < -0.4 is 11.1 Å². The van der Waals surface area contributed by atoms with Crippen LogP contribution in [0.2, 0.25) is 0 Å². The first-order valence-electron chi connectivity index (χ1n) is 8.17. The summed E-state index contributed by atoms with van der Waals surface area (Å²) < 4.78 is 10.5. The van der Waals surface area contributed by atoms with Crippen molar-refractivity contribution >= 4 is 30.7 Å². The number of ether oxygens (including phenoxy) is 1. The molecular weight excluding hydrogens is 367 g/mol. The molecule has 9 heteroatoms. The van der Waals surface area contributed by atoms with Gasteiger partial charge in [-0.25, -0.2) is 4.98 Å². The molecule has 1 aliphatic rings. The van der Waals surface area contributed by atoms with Crippen molar-refractivity contribution in [2.24, 2.45) is 11.7 Å². The van der Waals surface area contributed by atoms with Crippen LogP contribution in [0, 0.1) is 19.8 Å². The van der Waals surface area contributed by atoms with Crippen LogP contribution >= 0.6 is 24.8 Å². The average Bonchev–Trinajstić information content (AvgIpc) is 2.84. The van der Waals surface area contributed by atoms with E-state index < -0.39 is 6.04 Å². The number of hydrogen-bond acceptors (Lipinski definition) is 6. The lowest BCUT2D eigenvalue weighted by Gasteiger charge is -2.31. The van der Waals surface area contributed by atoms with Crippen molar-refractivity contribution in [1.82, 2.24) is 15.2 Å². The standard InChI is InChI=1S/C16H28N4O3.2ClH/c1-11-12(2)23-15(19-11)9-20-6-4-13(5-7-20)8-18-16(21)14(17)10-22-3;;/h13-14H,4-10,17H2,1-3H3,(H,18,21);2*1H. The van der Waals surface area contributed by atoms with Gasteiger partial charge in [0, 0.05) is 13.7 Å². The van der Waals surface area contributed by atoms with Gasteiger partial charge in [0.1, 0.15) is 11.8 Å². The Labute approximate surface area is 161 Å². The molecule has 25 heavy (non-hydrogen) atoms. The number of nitrogens with one attached hydrogen (secondary N) is 1. The Kier molecular flexibility index (Phi) is 11.3. The molecule has 1 aromatic heterocycles. The highest BCUT2D eigenvalue weighted by atomic mass is 35.5. The fraction of sp³-hybridized carbons (Fsp3) is 0.750. The Bertz CT molecular complexity index is 500. The smallest absolute Gasteiger partial charge is 0.239 e. The number of aromatic nitrogens is 1. The maximum absolute atomic E-state index is 11.8. The molecule has 1 atom stereocenters. The number of nitrogens with zero attached hydrogens (tertiary/aromatic N) is 2. The number of oxazole rings is 1. The van der Waals surface area contributed by atoms with Crippen molar-refractivity contribution in [3.63, 3.8) is 0 Å². The molecule has 1 amide bonds. The van der Waals surface area contributed by atoms with Crippen LogP contribution in [-0.2, 0) is 16.1 Å². The maximum Gasteiger partial charge on any atom is 0.239 e. The number of piperidine rings is 1. The van der Waals surface area contributed by atoms with E-state index in [9.17, 15) is 4.79 Å². The van der Waals surface area contributed by atoms with Gasteiger partial charge in [0.15, 0.2) is 0 Å². The number of likely N-dealkylation sites (tertiary alicyclic amines) is 1. The molecule has 3 N–H and O–H groups in total. The normalized spacial score (nSPS) is 16.6. The first-order valence-corrected chi connectivity index (χ1v) is 8.17. The molecule has 0 saturated carbocycles. The highest BCUT2D eigenvalue weighted by molar-refractivity contribution is 5.85. The third kappa shape index (κ3) is 7.50. The Balaban J connectivity index is 0.00000288. The average molecular weight is 397 g/mol. The van der Waals surface area contributed by atoms with Crippen LogP contribution in [-0.4, -0.2) is 55.2 Å². The lowest BCUT2D eigenvalue weighted by atomic mass is 9.96. The summed E-state index contributed by atoms with van der Waals surface area (Å²) in [7, 11) is 1.54. The van der Waals surface area contributed by atoms with Gasteiger partial charge in [-0.1, -0.05) is 0 Å². The van der Waals surface area contributed by atoms with Gasteiger partial charge in [0.05, 0.1) is 18.8 Å². The van der Waals surface area contributed by atoms with E-state index in [2.05, 4.69) is 15.2 Å². The number of amides is 1. The summed E-state index contributed by atoms with van der Waals surface area (Å²) in [5, 5.41) is 2.92. The summed E-state index contributed by atoms with van der Waals surface area (Å²) in [6.07, 6.45) is 2.11. The second-order valence-electron chi connectivity index (χ2n) is 6.28. The fourth-order valence-electron chi connectivity index (χ4n) is 2.78. The first-order chi connectivity index (χ1) is 11.0. The number of hydrogen-bond donors (Lipinski definition) is 2. The van der Waals surface area contributed by atoms with Crippen molar-refractivity contribution < 1.29 is 13.9 Å². The molecule has 1 unspecified atom stereocenters. The molecule has 0 aromatic carbocycles. The number of methoxy groups -OCH3 is 1. The summed E-state index contributed by atoms with van der Waals surface area (Å²) in [6, 6.07) is -0.586. The summed E-state index contributed by atoms with van der Waals surface area (Å²) in [6.45, 7) is 7.57. The minimum Gasteiger partial charge on any atom is -0.444 e. The molecule has 0 aliphatic carbocycles. The molecule has 7 nitrogen and oxygen atoms in total. The van der Waals surface area contributed by atoms with Gasteiger partial charge in [-0.05, 0) is 45.7 Å². The van der Waals surface area contributed by atoms with Crippen molar-refractivity contribution in [1.29, 1.82) is 0 Å². The van der Waals surface area contributed by atoms with Gasteiger partial charge < -0.3 is 20.2 Å². The number of carbonyl (C=O) groups is 1. The fourth-order valence-corrected chi connectivity index (χ4v) is 2.78. The molecule has 1 fully saturated rings. The van der Waals surface area contributed by atoms with Crippen molar-refractivity contribution in [2.45, 2.75) is 39.3 Å². The van der Waals surface area contributed by atoms with Crippen LogP contribution in [0.1, 0.15) is 30.2 Å².